The lowest BCUT2D eigenvalue weighted by Gasteiger charge is -2.22. The van der Waals surface area contributed by atoms with Crippen LogP contribution in [0.3, 0.4) is 0 Å². The lowest BCUT2D eigenvalue weighted by Crippen LogP contribution is -2.23. The summed E-state index contributed by atoms with van der Waals surface area (Å²) in [6, 6.07) is 24.2. The van der Waals surface area contributed by atoms with E-state index in [1.165, 1.54) is 11.1 Å². The predicted octanol–water partition coefficient (Wildman–Crippen LogP) is 5.46. The number of pyridine rings is 1. The van der Waals surface area contributed by atoms with E-state index in [9.17, 15) is 0 Å². The van der Waals surface area contributed by atoms with Crippen LogP contribution < -0.4 is 4.90 Å². The summed E-state index contributed by atoms with van der Waals surface area (Å²) in [5, 5.41) is 0.758. The molecule has 1 heterocycles. The van der Waals surface area contributed by atoms with Crippen molar-refractivity contribution >= 4 is 23.5 Å². The van der Waals surface area contributed by atoms with Crippen molar-refractivity contribution in [1.29, 1.82) is 0 Å². The molecule has 0 aliphatic rings. The molecule has 0 saturated carbocycles. The molecule has 0 fully saturated rings. The minimum atomic E-state index is 0.758. The van der Waals surface area contributed by atoms with Crippen molar-refractivity contribution in [2.75, 3.05) is 11.4 Å². The summed E-state index contributed by atoms with van der Waals surface area (Å²) in [4.78, 5) is 6.71. The zero-order valence-corrected chi connectivity index (χ0v) is 14.1. The molecule has 0 amide bonds. The Morgan fingerprint density at radius 1 is 0.917 bits per heavy atom. The third kappa shape index (κ3) is 4.71. The molecule has 0 atom stereocenters. The Morgan fingerprint density at radius 2 is 1.75 bits per heavy atom. The fourth-order valence-corrected chi connectivity index (χ4v) is 2.73. The van der Waals surface area contributed by atoms with Crippen molar-refractivity contribution in [2.24, 2.45) is 0 Å². The predicted molar refractivity (Wildman–Crippen MR) is 102 cm³/mol. The number of benzene rings is 2. The largest absolute Gasteiger partial charge is 0.349 e. The number of nitrogens with zero attached hydrogens (tertiary/aromatic N) is 2. The molecule has 2 nitrogen and oxygen atoms in total. The van der Waals surface area contributed by atoms with Gasteiger partial charge in [-0.25, -0.2) is 4.98 Å². The zero-order chi connectivity index (χ0) is 16.6. The normalized spacial score (nSPS) is 10.9. The lowest BCUT2D eigenvalue weighted by atomic mass is 10.2. The highest BCUT2D eigenvalue weighted by Gasteiger charge is 2.07. The van der Waals surface area contributed by atoms with Crippen molar-refractivity contribution in [1.82, 2.24) is 4.98 Å². The maximum Gasteiger partial charge on any atom is 0.129 e. The van der Waals surface area contributed by atoms with Gasteiger partial charge >= 0.3 is 0 Å². The summed E-state index contributed by atoms with van der Waals surface area (Å²) in [5.74, 6) is 0.954. The van der Waals surface area contributed by atoms with Crippen molar-refractivity contribution < 1.29 is 0 Å². The Hall–Kier alpha value is -2.58. The SMILES string of the molecule is Clc1cccc(CN(C/C=C/c2ccccc2)c2ccccn2)c1. The second-order valence-electron chi connectivity index (χ2n) is 5.51. The van der Waals surface area contributed by atoms with Crippen LogP contribution in [-0.2, 0) is 6.54 Å². The third-order valence-corrected chi connectivity index (χ3v) is 3.91. The maximum absolute atomic E-state index is 6.11. The van der Waals surface area contributed by atoms with Crippen LogP contribution in [0.15, 0.2) is 85.1 Å². The second-order valence-corrected chi connectivity index (χ2v) is 5.95. The van der Waals surface area contributed by atoms with Crippen molar-refractivity contribution in [2.45, 2.75) is 6.54 Å². The monoisotopic (exact) mass is 334 g/mol. The van der Waals surface area contributed by atoms with E-state index in [0.717, 1.165) is 23.9 Å². The first kappa shape index (κ1) is 16.3. The van der Waals surface area contributed by atoms with Crippen molar-refractivity contribution in [3.8, 4) is 0 Å². The smallest absolute Gasteiger partial charge is 0.129 e. The fourth-order valence-electron chi connectivity index (χ4n) is 2.52. The van der Waals surface area contributed by atoms with Crippen molar-refractivity contribution in [3.05, 3.63) is 101 Å². The summed E-state index contributed by atoms with van der Waals surface area (Å²) < 4.78 is 0. The third-order valence-electron chi connectivity index (χ3n) is 3.67. The minimum absolute atomic E-state index is 0.758. The number of rotatable bonds is 6. The first-order chi connectivity index (χ1) is 11.8. The summed E-state index contributed by atoms with van der Waals surface area (Å²) in [6.07, 6.45) is 6.11. The Kier molecular flexibility index (Phi) is 5.65. The van der Waals surface area contributed by atoms with Crippen LogP contribution in [0.1, 0.15) is 11.1 Å². The number of halogens is 1. The Morgan fingerprint density at radius 3 is 2.50 bits per heavy atom. The summed E-state index contributed by atoms with van der Waals surface area (Å²) in [5.41, 5.74) is 2.36. The number of aromatic nitrogens is 1. The molecule has 1 aromatic heterocycles. The first-order valence-corrected chi connectivity index (χ1v) is 8.31. The second kappa shape index (κ2) is 8.32. The van der Waals surface area contributed by atoms with Crippen molar-refractivity contribution in [3.63, 3.8) is 0 Å². The average Bonchev–Trinajstić information content (AvgIpc) is 2.63. The topological polar surface area (TPSA) is 16.1 Å². The molecule has 120 valence electrons. The molecule has 0 saturated heterocycles. The van der Waals surface area contributed by atoms with Crippen LogP contribution in [0.2, 0.25) is 5.02 Å². The van der Waals surface area contributed by atoms with Crippen LogP contribution in [0.4, 0.5) is 5.82 Å². The van der Waals surface area contributed by atoms with E-state index in [1.807, 2.05) is 60.8 Å². The van der Waals surface area contributed by atoms with E-state index >= 15 is 0 Å². The van der Waals surface area contributed by atoms with E-state index in [1.54, 1.807) is 0 Å². The Bertz CT molecular complexity index is 785. The van der Waals surface area contributed by atoms with Gasteiger partial charge in [0.05, 0.1) is 0 Å². The quantitative estimate of drug-likeness (QED) is 0.595. The molecule has 0 unspecified atom stereocenters. The minimum Gasteiger partial charge on any atom is -0.349 e. The first-order valence-electron chi connectivity index (χ1n) is 7.93. The number of anilines is 1. The van der Waals surface area contributed by atoms with Crippen LogP contribution in [0, 0.1) is 0 Å². The molecule has 0 radical (unpaired) electrons. The maximum atomic E-state index is 6.11. The molecule has 0 N–H and O–H groups in total. The molecule has 24 heavy (non-hydrogen) atoms. The molecule has 3 rings (SSSR count). The van der Waals surface area contributed by atoms with E-state index in [-0.39, 0.29) is 0 Å². The average molecular weight is 335 g/mol. The molecular formula is C21H19ClN2. The zero-order valence-electron chi connectivity index (χ0n) is 13.3. The van der Waals surface area contributed by atoms with E-state index < -0.39 is 0 Å². The number of hydrogen-bond donors (Lipinski definition) is 0. The molecule has 0 aliphatic heterocycles. The van der Waals surface area contributed by atoms with Gasteiger partial charge in [-0.05, 0) is 35.4 Å². The van der Waals surface area contributed by atoms with E-state index in [4.69, 9.17) is 11.6 Å². The van der Waals surface area contributed by atoms with Gasteiger partial charge in [0.15, 0.2) is 0 Å². The van der Waals surface area contributed by atoms with Gasteiger partial charge in [-0.15, -0.1) is 0 Å². The Labute approximate surface area is 148 Å². The standard InChI is InChI=1S/C21H19ClN2/c22-20-12-6-10-19(16-20)17-24(21-13-4-5-14-23-21)15-7-11-18-8-2-1-3-9-18/h1-14,16H,15,17H2/b11-7+. The summed E-state index contributed by atoms with van der Waals surface area (Å²) >= 11 is 6.11. The molecule has 2 aromatic carbocycles. The van der Waals surface area contributed by atoms with Gasteiger partial charge in [0, 0.05) is 24.3 Å². The van der Waals surface area contributed by atoms with Crippen LogP contribution in [0.5, 0.6) is 0 Å². The van der Waals surface area contributed by atoms with Crippen LogP contribution >= 0.6 is 11.6 Å². The molecule has 0 aliphatic carbocycles. The van der Waals surface area contributed by atoms with Crippen LogP contribution in [0.25, 0.3) is 6.08 Å². The highest BCUT2D eigenvalue weighted by molar-refractivity contribution is 6.30. The molecule has 0 bridgehead atoms. The lowest BCUT2D eigenvalue weighted by molar-refractivity contribution is 0.847. The van der Waals surface area contributed by atoms with Gasteiger partial charge in [-0.1, -0.05) is 72.3 Å². The molecule has 0 spiro atoms. The molecule has 3 aromatic rings. The summed E-state index contributed by atoms with van der Waals surface area (Å²) in [6.45, 7) is 1.54. The van der Waals surface area contributed by atoms with E-state index in [2.05, 4.69) is 40.2 Å². The van der Waals surface area contributed by atoms with Gasteiger partial charge < -0.3 is 4.90 Å². The van der Waals surface area contributed by atoms with Crippen LogP contribution in [-0.4, -0.2) is 11.5 Å². The molecule has 3 heteroatoms. The number of hydrogen-bond acceptors (Lipinski definition) is 2. The van der Waals surface area contributed by atoms with Gasteiger partial charge in [0.1, 0.15) is 5.82 Å². The van der Waals surface area contributed by atoms with Gasteiger partial charge in [0.2, 0.25) is 0 Å². The van der Waals surface area contributed by atoms with Gasteiger partial charge in [-0.2, -0.15) is 0 Å². The summed E-state index contributed by atoms with van der Waals surface area (Å²) in [7, 11) is 0. The van der Waals surface area contributed by atoms with Gasteiger partial charge in [-0.3, -0.25) is 0 Å². The highest BCUT2D eigenvalue weighted by atomic mass is 35.5. The fraction of sp³-hybridized carbons (Fsp3) is 0.0952. The van der Waals surface area contributed by atoms with E-state index in [0.29, 0.717) is 0 Å². The highest BCUT2D eigenvalue weighted by Crippen LogP contribution is 2.17. The Balaban J connectivity index is 1.76. The molecular weight excluding hydrogens is 316 g/mol. The van der Waals surface area contributed by atoms with Gasteiger partial charge in [0.25, 0.3) is 0 Å².